The third kappa shape index (κ3) is 10.1. The van der Waals surface area contributed by atoms with Crippen LogP contribution in [0.2, 0.25) is 0 Å². The minimum Gasteiger partial charge on any atom is -0.326 e. The van der Waals surface area contributed by atoms with Crippen molar-refractivity contribution < 1.29 is 0 Å². The molecule has 0 nitrogen and oxygen atoms in total. The lowest BCUT2D eigenvalue weighted by atomic mass is 9.97. The molecule has 0 aliphatic rings. The van der Waals surface area contributed by atoms with Crippen LogP contribution in [0.15, 0.2) is 0 Å². The van der Waals surface area contributed by atoms with Gasteiger partial charge in [0, 0.05) is 0 Å². The fourth-order valence-electron chi connectivity index (χ4n) is 1.89. The van der Waals surface area contributed by atoms with Crippen LogP contribution in [0.5, 0.6) is 0 Å². The van der Waals surface area contributed by atoms with Gasteiger partial charge in [-0.25, -0.2) is 0 Å². The Labute approximate surface area is 91.5 Å². The molecule has 0 aliphatic heterocycles. The summed E-state index contributed by atoms with van der Waals surface area (Å²) >= 11 is 0. The van der Waals surface area contributed by atoms with Crippen molar-refractivity contribution in [1.29, 1.82) is 0 Å². The number of hydrogen-bond donors (Lipinski definition) is 0. The highest BCUT2D eigenvalue weighted by molar-refractivity contribution is 4.70. The van der Waals surface area contributed by atoms with Gasteiger partial charge in [0.2, 0.25) is 0 Å². The van der Waals surface area contributed by atoms with E-state index >= 15 is 0 Å². The average molecular weight is 197 g/mol. The summed E-state index contributed by atoms with van der Waals surface area (Å²) in [5.41, 5.74) is 0. The lowest BCUT2D eigenvalue weighted by Crippen LogP contribution is -1.94. The zero-order chi connectivity index (χ0) is 10.8. The molecule has 0 saturated heterocycles. The maximum absolute atomic E-state index is 2.44. The Balaban J connectivity index is 3.05. The largest absolute Gasteiger partial charge is 0.326 e. The van der Waals surface area contributed by atoms with Crippen LogP contribution < -0.4 is 0 Å². The summed E-state index contributed by atoms with van der Waals surface area (Å²) in [6.45, 7) is 9.22. The topological polar surface area (TPSA) is 0 Å². The van der Waals surface area contributed by atoms with Crippen molar-refractivity contribution in [3.8, 4) is 0 Å². The van der Waals surface area contributed by atoms with E-state index in [0.717, 1.165) is 11.8 Å². The number of hydrogen-bond acceptors (Lipinski definition) is 0. The first-order chi connectivity index (χ1) is 6.66. The molecule has 0 heteroatoms. The van der Waals surface area contributed by atoms with E-state index in [1.54, 1.807) is 0 Å². The van der Waals surface area contributed by atoms with Gasteiger partial charge in [0.05, 0.1) is 0 Å². The molecule has 0 aromatic rings. The van der Waals surface area contributed by atoms with Gasteiger partial charge in [0.25, 0.3) is 0 Å². The van der Waals surface area contributed by atoms with Crippen molar-refractivity contribution in [2.75, 3.05) is 0 Å². The van der Waals surface area contributed by atoms with Crippen LogP contribution in [0, 0.1) is 18.3 Å². The van der Waals surface area contributed by atoms with E-state index in [1.165, 1.54) is 44.9 Å². The van der Waals surface area contributed by atoms with Crippen LogP contribution in [0.4, 0.5) is 0 Å². The first-order valence-electron chi connectivity index (χ1n) is 6.50. The Morgan fingerprint density at radius 2 is 1.43 bits per heavy atom. The normalized spacial score (nSPS) is 13.5. The van der Waals surface area contributed by atoms with Gasteiger partial charge < -0.3 is 6.42 Å². The molecule has 0 N–H and O–H groups in total. The third-order valence-electron chi connectivity index (χ3n) is 2.83. The van der Waals surface area contributed by atoms with E-state index < -0.39 is 0 Å². The van der Waals surface area contributed by atoms with Gasteiger partial charge in [-0.15, -0.1) is 0 Å². The van der Waals surface area contributed by atoms with E-state index in [4.69, 9.17) is 0 Å². The lowest BCUT2D eigenvalue weighted by molar-refractivity contribution is 0.490. The Morgan fingerprint density at radius 1 is 0.857 bits per heavy atom. The van der Waals surface area contributed by atoms with Crippen molar-refractivity contribution in [2.45, 2.75) is 72.6 Å². The lowest BCUT2D eigenvalue weighted by Gasteiger charge is -2.19. The summed E-state index contributed by atoms with van der Waals surface area (Å²) in [6, 6.07) is 0. The first kappa shape index (κ1) is 14.0. The fourth-order valence-corrected chi connectivity index (χ4v) is 1.89. The molecule has 86 valence electrons. The number of rotatable bonds is 9. The zero-order valence-corrected chi connectivity index (χ0v) is 10.7. The van der Waals surface area contributed by atoms with Gasteiger partial charge >= 0.3 is 0 Å². The molecule has 0 saturated carbocycles. The molecule has 0 amide bonds. The molecule has 0 aliphatic carbocycles. The van der Waals surface area contributed by atoms with Crippen molar-refractivity contribution in [3.63, 3.8) is 0 Å². The molecule has 0 heterocycles. The minimum atomic E-state index is 0.838. The second kappa shape index (κ2) is 9.55. The second-order valence-electron chi connectivity index (χ2n) is 5.01. The molecular weight excluding hydrogens is 168 g/mol. The quantitative estimate of drug-likeness (QED) is 0.350. The van der Waals surface area contributed by atoms with Crippen molar-refractivity contribution in [3.05, 3.63) is 6.42 Å². The zero-order valence-electron chi connectivity index (χ0n) is 10.7. The summed E-state index contributed by atoms with van der Waals surface area (Å²) in [4.78, 5) is 0. The van der Waals surface area contributed by atoms with Gasteiger partial charge in [-0.05, 0) is 5.92 Å². The highest BCUT2D eigenvalue weighted by Crippen LogP contribution is 2.15. The summed E-state index contributed by atoms with van der Waals surface area (Å²) in [5, 5.41) is 0. The summed E-state index contributed by atoms with van der Waals surface area (Å²) in [7, 11) is 0. The van der Waals surface area contributed by atoms with E-state index in [1.807, 2.05) is 0 Å². The van der Waals surface area contributed by atoms with Gasteiger partial charge in [-0.1, -0.05) is 66.2 Å². The van der Waals surface area contributed by atoms with E-state index in [2.05, 4.69) is 34.1 Å². The molecule has 0 rings (SSSR count). The molecule has 0 bridgehead atoms. The van der Waals surface area contributed by atoms with Crippen molar-refractivity contribution in [2.24, 2.45) is 11.8 Å². The van der Waals surface area contributed by atoms with Crippen LogP contribution in [0.25, 0.3) is 0 Å². The minimum absolute atomic E-state index is 0.838. The van der Waals surface area contributed by atoms with Crippen LogP contribution in [0.3, 0.4) is 0 Å². The van der Waals surface area contributed by atoms with Crippen molar-refractivity contribution in [1.82, 2.24) is 0 Å². The monoisotopic (exact) mass is 197 g/mol. The predicted octanol–water partition coefficient (Wildman–Crippen LogP) is 5.23. The first-order valence-corrected chi connectivity index (χ1v) is 6.50. The van der Waals surface area contributed by atoms with Crippen LogP contribution in [-0.2, 0) is 0 Å². The average Bonchev–Trinajstić information content (AvgIpc) is 2.11. The van der Waals surface area contributed by atoms with Crippen LogP contribution in [0.1, 0.15) is 72.6 Å². The highest BCUT2D eigenvalue weighted by atomic mass is 14.1. The third-order valence-corrected chi connectivity index (χ3v) is 2.83. The Bertz CT molecular complexity index is 105. The standard InChI is InChI=1S/C14H29/c1-5-10-14(4)12-9-7-6-8-11-13(2)3/h10,13-14H,5-9,11-12H2,1-4H3/q-1. The van der Waals surface area contributed by atoms with Crippen LogP contribution >= 0.6 is 0 Å². The fraction of sp³-hybridized carbons (Fsp3) is 0.929. The van der Waals surface area contributed by atoms with Crippen molar-refractivity contribution >= 4 is 0 Å². The summed E-state index contributed by atoms with van der Waals surface area (Å²) in [6.07, 6.45) is 12.2. The second-order valence-corrected chi connectivity index (χ2v) is 5.01. The molecule has 1 atom stereocenters. The van der Waals surface area contributed by atoms with Gasteiger partial charge in [0.1, 0.15) is 0 Å². The van der Waals surface area contributed by atoms with Crippen LogP contribution in [-0.4, -0.2) is 0 Å². The highest BCUT2D eigenvalue weighted by Gasteiger charge is 1.95. The SMILES string of the molecule is CC[CH-]C(C)CCCCCCC(C)C. The maximum atomic E-state index is 2.44. The molecule has 0 aromatic heterocycles. The molecule has 0 spiro atoms. The smallest absolute Gasteiger partial charge is 0.0471 e. The molecular formula is C14H29-. The molecule has 0 fully saturated rings. The van der Waals surface area contributed by atoms with E-state index in [-0.39, 0.29) is 0 Å². The predicted molar refractivity (Wildman–Crippen MR) is 66.3 cm³/mol. The Kier molecular flexibility index (Phi) is 9.55. The molecule has 1 unspecified atom stereocenters. The number of unbranched alkanes of at least 4 members (excludes halogenated alkanes) is 3. The summed E-state index contributed by atoms with van der Waals surface area (Å²) < 4.78 is 0. The summed E-state index contributed by atoms with van der Waals surface area (Å²) in [5.74, 6) is 1.73. The van der Waals surface area contributed by atoms with Gasteiger partial charge in [0.15, 0.2) is 0 Å². The Morgan fingerprint density at radius 3 is 1.93 bits per heavy atom. The molecule has 0 radical (unpaired) electrons. The van der Waals surface area contributed by atoms with Gasteiger partial charge in [-0.2, -0.15) is 12.3 Å². The molecule has 14 heavy (non-hydrogen) atoms. The van der Waals surface area contributed by atoms with E-state index in [9.17, 15) is 0 Å². The maximum Gasteiger partial charge on any atom is -0.0471 e. The van der Waals surface area contributed by atoms with Gasteiger partial charge in [-0.3, -0.25) is 0 Å². The van der Waals surface area contributed by atoms with E-state index in [0.29, 0.717) is 0 Å². The molecule has 0 aromatic carbocycles. The Hall–Kier alpha value is 0.